The molecule has 4 nitrogen and oxygen atoms in total. The number of rotatable bonds is 3. The second-order valence-corrected chi connectivity index (χ2v) is 8.91. The number of thiophene rings is 1. The molecule has 2 heterocycles. The van der Waals surface area contributed by atoms with E-state index in [4.69, 9.17) is 5.73 Å². The fourth-order valence-electron chi connectivity index (χ4n) is 2.40. The average Bonchev–Trinajstić information content (AvgIpc) is 2.87. The Morgan fingerprint density at radius 3 is 2.60 bits per heavy atom. The number of hydrogen-bond acceptors (Lipinski definition) is 4. The van der Waals surface area contributed by atoms with Crippen LogP contribution in [-0.4, -0.2) is 25.8 Å². The SMILES string of the molecule is CC(C)(C)C1=CCN(S(=O)(=O)c2ccsc2CN)CC1. The molecule has 2 rings (SSSR count). The van der Waals surface area contributed by atoms with E-state index in [-0.39, 0.29) is 12.0 Å². The van der Waals surface area contributed by atoms with Crippen molar-refractivity contribution in [1.82, 2.24) is 4.31 Å². The maximum absolute atomic E-state index is 12.6. The van der Waals surface area contributed by atoms with Gasteiger partial charge in [-0.25, -0.2) is 8.42 Å². The molecule has 0 amide bonds. The first-order valence-electron chi connectivity index (χ1n) is 6.73. The Morgan fingerprint density at radius 2 is 2.10 bits per heavy atom. The average molecular weight is 314 g/mol. The van der Waals surface area contributed by atoms with Gasteiger partial charge in [-0.3, -0.25) is 0 Å². The molecule has 20 heavy (non-hydrogen) atoms. The van der Waals surface area contributed by atoms with Gasteiger partial charge in [0.05, 0.1) is 4.90 Å². The van der Waals surface area contributed by atoms with Crippen molar-refractivity contribution < 1.29 is 8.42 Å². The lowest BCUT2D eigenvalue weighted by molar-refractivity contribution is 0.389. The molecule has 0 radical (unpaired) electrons. The van der Waals surface area contributed by atoms with Crippen molar-refractivity contribution in [1.29, 1.82) is 0 Å². The van der Waals surface area contributed by atoms with Gasteiger partial charge in [-0.1, -0.05) is 32.4 Å². The molecule has 1 aromatic heterocycles. The first-order valence-corrected chi connectivity index (χ1v) is 9.05. The van der Waals surface area contributed by atoms with Gasteiger partial charge in [-0.15, -0.1) is 11.3 Å². The highest BCUT2D eigenvalue weighted by molar-refractivity contribution is 7.89. The molecule has 0 atom stereocenters. The topological polar surface area (TPSA) is 63.4 Å². The van der Waals surface area contributed by atoms with Gasteiger partial charge in [0.2, 0.25) is 10.0 Å². The summed E-state index contributed by atoms with van der Waals surface area (Å²) in [7, 11) is -3.41. The highest BCUT2D eigenvalue weighted by Gasteiger charge is 2.30. The maximum Gasteiger partial charge on any atom is 0.244 e. The lowest BCUT2D eigenvalue weighted by Gasteiger charge is -2.31. The molecule has 1 aliphatic heterocycles. The molecule has 6 heteroatoms. The Bertz CT molecular complexity index is 609. The summed E-state index contributed by atoms with van der Waals surface area (Å²) >= 11 is 1.40. The van der Waals surface area contributed by atoms with E-state index >= 15 is 0 Å². The first-order chi connectivity index (χ1) is 9.26. The molecular weight excluding hydrogens is 292 g/mol. The molecule has 112 valence electrons. The maximum atomic E-state index is 12.6. The van der Waals surface area contributed by atoms with Crippen molar-refractivity contribution in [3.8, 4) is 0 Å². The molecule has 0 saturated heterocycles. The van der Waals surface area contributed by atoms with Crippen LogP contribution < -0.4 is 5.73 Å². The van der Waals surface area contributed by atoms with Crippen LogP contribution in [0.25, 0.3) is 0 Å². The van der Waals surface area contributed by atoms with Crippen LogP contribution in [0.2, 0.25) is 0 Å². The molecule has 0 unspecified atom stereocenters. The first kappa shape index (κ1) is 15.7. The molecule has 0 aliphatic carbocycles. The van der Waals surface area contributed by atoms with Crippen LogP contribution in [0.3, 0.4) is 0 Å². The Hall–Kier alpha value is -0.690. The van der Waals surface area contributed by atoms with Crippen LogP contribution >= 0.6 is 11.3 Å². The van der Waals surface area contributed by atoms with Gasteiger partial charge < -0.3 is 5.73 Å². The normalized spacial score (nSPS) is 18.1. The third kappa shape index (κ3) is 2.98. The van der Waals surface area contributed by atoms with E-state index in [1.165, 1.54) is 16.9 Å². The highest BCUT2D eigenvalue weighted by Crippen LogP contribution is 2.32. The fourth-order valence-corrected chi connectivity index (χ4v) is 5.08. The predicted molar refractivity (Wildman–Crippen MR) is 83.1 cm³/mol. The van der Waals surface area contributed by atoms with Crippen molar-refractivity contribution in [2.24, 2.45) is 11.1 Å². The Kier molecular flexibility index (Phi) is 4.39. The smallest absolute Gasteiger partial charge is 0.244 e. The Balaban J connectivity index is 2.24. The number of nitrogens with zero attached hydrogens (tertiary/aromatic N) is 1. The molecule has 1 aromatic rings. The number of nitrogens with two attached hydrogens (primary N) is 1. The van der Waals surface area contributed by atoms with Crippen molar-refractivity contribution in [3.05, 3.63) is 28.0 Å². The van der Waals surface area contributed by atoms with Crippen molar-refractivity contribution in [2.75, 3.05) is 13.1 Å². The zero-order valence-corrected chi connectivity index (χ0v) is 13.9. The van der Waals surface area contributed by atoms with E-state index in [2.05, 4.69) is 26.8 Å². The molecule has 0 aromatic carbocycles. The summed E-state index contributed by atoms with van der Waals surface area (Å²) in [6, 6.07) is 1.66. The molecule has 0 saturated carbocycles. The van der Waals surface area contributed by atoms with E-state index in [0.717, 1.165) is 11.3 Å². The lowest BCUT2D eigenvalue weighted by Crippen LogP contribution is -2.36. The van der Waals surface area contributed by atoms with Crippen LogP contribution in [0.5, 0.6) is 0 Å². The van der Waals surface area contributed by atoms with Gasteiger partial charge in [-0.05, 0) is 23.3 Å². The summed E-state index contributed by atoms with van der Waals surface area (Å²) in [5.74, 6) is 0. The number of hydrogen-bond donors (Lipinski definition) is 1. The van der Waals surface area contributed by atoms with Gasteiger partial charge >= 0.3 is 0 Å². The number of sulfonamides is 1. The highest BCUT2D eigenvalue weighted by atomic mass is 32.2. The summed E-state index contributed by atoms with van der Waals surface area (Å²) in [5, 5.41) is 1.79. The monoisotopic (exact) mass is 314 g/mol. The van der Waals surface area contributed by atoms with Gasteiger partial charge in [0.15, 0.2) is 0 Å². The minimum absolute atomic E-state index is 0.112. The van der Waals surface area contributed by atoms with Crippen molar-refractivity contribution >= 4 is 21.4 Å². The second-order valence-electron chi connectivity index (χ2n) is 6.00. The van der Waals surface area contributed by atoms with E-state index in [1.54, 1.807) is 15.8 Å². The third-order valence-electron chi connectivity index (χ3n) is 3.64. The molecule has 0 fully saturated rings. The summed E-state index contributed by atoms with van der Waals surface area (Å²) in [5.41, 5.74) is 7.05. The van der Waals surface area contributed by atoms with Crippen LogP contribution in [0.15, 0.2) is 28.0 Å². The van der Waals surface area contributed by atoms with E-state index in [1.807, 2.05) is 0 Å². The standard InChI is InChI=1S/C14H22N2O2S2/c1-14(2,3)11-4-7-16(8-5-11)20(17,18)13-6-9-19-12(13)10-15/h4,6,9H,5,7-8,10,15H2,1-3H3. The minimum Gasteiger partial charge on any atom is -0.326 e. The van der Waals surface area contributed by atoms with E-state index in [9.17, 15) is 8.42 Å². The van der Waals surface area contributed by atoms with E-state index < -0.39 is 10.0 Å². The van der Waals surface area contributed by atoms with Gasteiger partial charge in [0, 0.05) is 24.5 Å². The molecule has 1 aliphatic rings. The zero-order chi connectivity index (χ0) is 15.0. The molecule has 2 N–H and O–H groups in total. The summed E-state index contributed by atoms with van der Waals surface area (Å²) in [6.07, 6.45) is 2.85. The van der Waals surface area contributed by atoms with E-state index in [0.29, 0.717) is 18.0 Å². The summed E-state index contributed by atoms with van der Waals surface area (Å²) < 4.78 is 26.8. The summed E-state index contributed by atoms with van der Waals surface area (Å²) in [4.78, 5) is 1.10. The Morgan fingerprint density at radius 1 is 1.40 bits per heavy atom. The quantitative estimate of drug-likeness (QED) is 0.872. The molecular formula is C14H22N2O2S2. The largest absolute Gasteiger partial charge is 0.326 e. The van der Waals surface area contributed by atoms with Gasteiger partial charge in [0.25, 0.3) is 0 Å². The Labute approximate surface area is 125 Å². The predicted octanol–water partition coefficient (Wildman–Crippen LogP) is 2.57. The molecule has 0 bridgehead atoms. The van der Waals surface area contributed by atoms with Crippen molar-refractivity contribution in [3.63, 3.8) is 0 Å². The van der Waals surface area contributed by atoms with Gasteiger partial charge in [-0.2, -0.15) is 4.31 Å². The van der Waals surface area contributed by atoms with Crippen LogP contribution in [0, 0.1) is 5.41 Å². The lowest BCUT2D eigenvalue weighted by atomic mass is 9.83. The van der Waals surface area contributed by atoms with Crippen LogP contribution in [0.1, 0.15) is 32.1 Å². The van der Waals surface area contributed by atoms with Gasteiger partial charge in [0.1, 0.15) is 0 Å². The summed E-state index contributed by atoms with van der Waals surface area (Å²) in [6.45, 7) is 7.75. The van der Waals surface area contributed by atoms with Crippen LogP contribution in [-0.2, 0) is 16.6 Å². The fraction of sp³-hybridized carbons (Fsp3) is 0.571. The zero-order valence-electron chi connectivity index (χ0n) is 12.2. The second kappa shape index (κ2) is 5.60. The molecule has 0 spiro atoms. The minimum atomic E-state index is -3.41. The third-order valence-corrected chi connectivity index (χ3v) is 6.67. The van der Waals surface area contributed by atoms with Crippen LogP contribution in [0.4, 0.5) is 0 Å². The van der Waals surface area contributed by atoms with Crippen molar-refractivity contribution in [2.45, 2.75) is 38.6 Å².